The lowest BCUT2D eigenvalue weighted by Crippen LogP contribution is -2.37. The number of hydrogen-bond acceptors (Lipinski definition) is 6. The molecule has 2 aliphatic rings. The van der Waals surface area contributed by atoms with Gasteiger partial charge in [-0.15, -0.1) is 10.2 Å². The molecule has 2 fully saturated rings. The maximum atomic E-state index is 12.8. The molecule has 1 atom stereocenters. The number of amides is 1. The summed E-state index contributed by atoms with van der Waals surface area (Å²) in [5.41, 5.74) is 0.523. The average molecular weight is 345 g/mol. The molecule has 1 unspecified atom stereocenters. The Labute approximate surface area is 146 Å². The van der Waals surface area contributed by atoms with Crippen LogP contribution in [0.5, 0.6) is 0 Å². The van der Waals surface area contributed by atoms with Gasteiger partial charge < -0.3 is 18.5 Å². The van der Waals surface area contributed by atoms with Gasteiger partial charge in [0.05, 0.1) is 17.7 Å². The molecule has 2 aliphatic heterocycles. The van der Waals surface area contributed by atoms with E-state index in [1.165, 1.54) is 12.5 Å². The van der Waals surface area contributed by atoms with Crippen molar-refractivity contribution in [2.24, 2.45) is 5.41 Å². The molecule has 0 aromatic carbocycles. The molecule has 0 saturated carbocycles. The van der Waals surface area contributed by atoms with Crippen LogP contribution in [0.15, 0.2) is 27.4 Å². The molecule has 2 aromatic rings. The minimum atomic E-state index is -0.0571. The summed E-state index contributed by atoms with van der Waals surface area (Å²) < 4.78 is 16.6. The first-order valence-corrected chi connectivity index (χ1v) is 8.81. The Kier molecular flexibility index (Phi) is 4.11. The SMILES string of the molecule is CC(C)c1nnc(C2CN(C(=O)c3ccoc3)CC23CCOCC3)o1. The zero-order chi connectivity index (χ0) is 17.4. The molecule has 1 amide bonds. The highest BCUT2D eigenvalue weighted by atomic mass is 16.5. The highest BCUT2D eigenvalue weighted by Crippen LogP contribution is 2.49. The molecule has 7 nitrogen and oxygen atoms in total. The van der Waals surface area contributed by atoms with E-state index in [1.807, 2.05) is 18.7 Å². The van der Waals surface area contributed by atoms with Gasteiger partial charge in [0, 0.05) is 37.6 Å². The maximum absolute atomic E-state index is 12.8. The Balaban J connectivity index is 1.64. The number of likely N-dealkylation sites (tertiary alicyclic amines) is 1. The summed E-state index contributed by atoms with van der Waals surface area (Å²) in [4.78, 5) is 14.7. The summed E-state index contributed by atoms with van der Waals surface area (Å²) >= 11 is 0. The molecular weight excluding hydrogens is 322 g/mol. The number of carbonyl (C=O) groups excluding carboxylic acids is 1. The number of rotatable bonds is 3. The third-order valence-corrected chi connectivity index (χ3v) is 5.44. The Morgan fingerprint density at radius 2 is 2.12 bits per heavy atom. The van der Waals surface area contributed by atoms with E-state index in [4.69, 9.17) is 13.6 Å². The van der Waals surface area contributed by atoms with Gasteiger partial charge in [0.2, 0.25) is 11.8 Å². The molecule has 0 aliphatic carbocycles. The monoisotopic (exact) mass is 345 g/mol. The van der Waals surface area contributed by atoms with Crippen molar-refractivity contribution >= 4 is 5.91 Å². The van der Waals surface area contributed by atoms with Crippen molar-refractivity contribution in [1.82, 2.24) is 15.1 Å². The summed E-state index contributed by atoms with van der Waals surface area (Å²) in [7, 11) is 0. The summed E-state index contributed by atoms with van der Waals surface area (Å²) in [5, 5.41) is 8.50. The standard InChI is InChI=1S/C18H23N3O4/c1-12(2)15-19-20-16(25-15)14-9-21(17(22)13-3-6-24-10-13)11-18(14)4-7-23-8-5-18/h3,6,10,12,14H,4-5,7-9,11H2,1-2H3. The van der Waals surface area contributed by atoms with Crippen LogP contribution in [-0.4, -0.2) is 47.3 Å². The number of carbonyl (C=O) groups is 1. The fourth-order valence-corrected chi connectivity index (χ4v) is 3.94. The number of furan rings is 1. The average Bonchev–Trinajstić information content (AvgIpc) is 3.35. The van der Waals surface area contributed by atoms with E-state index < -0.39 is 0 Å². The molecule has 0 bridgehead atoms. The predicted molar refractivity (Wildman–Crippen MR) is 88.2 cm³/mol. The maximum Gasteiger partial charge on any atom is 0.257 e. The van der Waals surface area contributed by atoms with Gasteiger partial charge in [0.1, 0.15) is 6.26 Å². The molecule has 4 rings (SSSR count). The van der Waals surface area contributed by atoms with Crippen molar-refractivity contribution in [3.05, 3.63) is 35.9 Å². The van der Waals surface area contributed by atoms with E-state index >= 15 is 0 Å². The third kappa shape index (κ3) is 2.86. The summed E-state index contributed by atoms with van der Waals surface area (Å²) in [6, 6.07) is 1.70. The lowest BCUT2D eigenvalue weighted by atomic mass is 9.72. The van der Waals surface area contributed by atoms with Gasteiger partial charge in [-0.05, 0) is 18.9 Å². The molecule has 7 heteroatoms. The number of nitrogens with zero attached hydrogens (tertiary/aromatic N) is 3. The van der Waals surface area contributed by atoms with Crippen LogP contribution in [0.25, 0.3) is 0 Å². The van der Waals surface area contributed by atoms with E-state index in [-0.39, 0.29) is 23.2 Å². The number of ether oxygens (including phenoxy) is 1. The second-order valence-corrected chi connectivity index (χ2v) is 7.36. The van der Waals surface area contributed by atoms with Crippen molar-refractivity contribution in [2.45, 2.75) is 38.5 Å². The topological polar surface area (TPSA) is 81.6 Å². The minimum absolute atomic E-state index is 0.00860. The molecule has 0 N–H and O–H groups in total. The van der Waals surface area contributed by atoms with Gasteiger partial charge in [0.25, 0.3) is 5.91 Å². The van der Waals surface area contributed by atoms with Crippen LogP contribution in [0.1, 0.15) is 60.7 Å². The quantitative estimate of drug-likeness (QED) is 0.851. The summed E-state index contributed by atoms with van der Waals surface area (Å²) in [5.74, 6) is 1.53. The predicted octanol–water partition coefficient (Wildman–Crippen LogP) is 2.82. The van der Waals surface area contributed by atoms with Crippen LogP contribution in [0.4, 0.5) is 0 Å². The van der Waals surface area contributed by atoms with E-state index in [2.05, 4.69) is 10.2 Å². The Morgan fingerprint density at radius 3 is 2.76 bits per heavy atom. The minimum Gasteiger partial charge on any atom is -0.472 e. The zero-order valence-electron chi connectivity index (χ0n) is 14.6. The molecule has 0 radical (unpaired) electrons. The van der Waals surface area contributed by atoms with Gasteiger partial charge in [-0.3, -0.25) is 4.79 Å². The van der Waals surface area contributed by atoms with E-state index in [9.17, 15) is 4.79 Å². The first-order chi connectivity index (χ1) is 12.1. The van der Waals surface area contributed by atoms with E-state index in [0.717, 1.165) is 12.8 Å². The zero-order valence-corrected chi connectivity index (χ0v) is 14.6. The van der Waals surface area contributed by atoms with Gasteiger partial charge in [0.15, 0.2) is 0 Å². The van der Waals surface area contributed by atoms with Crippen molar-refractivity contribution in [1.29, 1.82) is 0 Å². The molecule has 4 heterocycles. The van der Waals surface area contributed by atoms with E-state index in [1.54, 1.807) is 6.07 Å². The van der Waals surface area contributed by atoms with Gasteiger partial charge in [-0.25, -0.2) is 0 Å². The van der Waals surface area contributed by atoms with Crippen molar-refractivity contribution < 1.29 is 18.4 Å². The molecule has 1 spiro atoms. The van der Waals surface area contributed by atoms with Crippen LogP contribution in [0.2, 0.25) is 0 Å². The first-order valence-electron chi connectivity index (χ1n) is 8.81. The van der Waals surface area contributed by atoms with E-state index in [0.29, 0.717) is 43.6 Å². The van der Waals surface area contributed by atoms with Crippen molar-refractivity contribution in [3.8, 4) is 0 Å². The molecule has 2 aromatic heterocycles. The molecule has 134 valence electrons. The van der Waals surface area contributed by atoms with Gasteiger partial charge >= 0.3 is 0 Å². The fourth-order valence-electron chi connectivity index (χ4n) is 3.94. The van der Waals surface area contributed by atoms with Crippen molar-refractivity contribution in [3.63, 3.8) is 0 Å². The Bertz CT molecular complexity index is 731. The third-order valence-electron chi connectivity index (χ3n) is 5.44. The molecule has 25 heavy (non-hydrogen) atoms. The number of hydrogen-bond donors (Lipinski definition) is 0. The Hall–Kier alpha value is -2.15. The van der Waals surface area contributed by atoms with Crippen LogP contribution in [0, 0.1) is 5.41 Å². The number of aromatic nitrogens is 2. The smallest absolute Gasteiger partial charge is 0.257 e. The highest BCUT2D eigenvalue weighted by molar-refractivity contribution is 5.94. The first kappa shape index (κ1) is 16.3. The molecule has 2 saturated heterocycles. The largest absolute Gasteiger partial charge is 0.472 e. The highest BCUT2D eigenvalue weighted by Gasteiger charge is 2.51. The normalized spacial score (nSPS) is 22.8. The van der Waals surface area contributed by atoms with Gasteiger partial charge in [-0.2, -0.15) is 0 Å². The lowest BCUT2D eigenvalue weighted by molar-refractivity contribution is 0.00887. The fraction of sp³-hybridized carbons (Fsp3) is 0.611. The lowest BCUT2D eigenvalue weighted by Gasteiger charge is -2.36. The van der Waals surface area contributed by atoms with Crippen LogP contribution >= 0.6 is 0 Å². The van der Waals surface area contributed by atoms with Crippen molar-refractivity contribution in [2.75, 3.05) is 26.3 Å². The second kappa shape index (κ2) is 6.29. The van der Waals surface area contributed by atoms with Crippen LogP contribution < -0.4 is 0 Å². The summed E-state index contributed by atoms with van der Waals surface area (Å²) in [6.45, 7) is 6.74. The molecular formula is C18H23N3O4. The van der Waals surface area contributed by atoms with Gasteiger partial charge in [-0.1, -0.05) is 13.8 Å². The second-order valence-electron chi connectivity index (χ2n) is 7.36. The van der Waals surface area contributed by atoms with Crippen LogP contribution in [0.3, 0.4) is 0 Å². The summed E-state index contributed by atoms with van der Waals surface area (Å²) in [6.07, 6.45) is 4.81. The van der Waals surface area contributed by atoms with Crippen LogP contribution in [-0.2, 0) is 4.74 Å². The Morgan fingerprint density at radius 1 is 1.32 bits per heavy atom.